The fourth-order valence-electron chi connectivity index (χ4n) is 3.32. The average Bonchev–Trinajstić information content (AvgIpc) is 2.72. The van der Waals surface area contributed by atoms with Crippen LogP contribution >= 0.6 is 0 Å². The van der Waals surface area contributed by atoms with Gasteiger partial charge in [0.05, 0.1) is 17.4 Å². The van der Waals surface area contributed by atoms with E-state index < -0.39 is 5.97 Å². The normalized spacial score (nSPS) is 11.0. The molecule has 144 valence electrons. The predicted octanol–water partition coefficient (Wildman–Crippen LogP) is 5.81. The first-order valence-electron chi connectivity index (χ1n) is 9.55. The Balaban J connectivity index is 1.72. The van der Waals surface area contributed by atoms with Gasteiger partial charge in [0.2, 0.25) is 0 Å². The molecule has 4 heteroatoms. The molecule has 0 aliphatic rings. The van der Waals surface area contributed by atoms with Crippen LogP contribution in [0.25, 0.3) is 21.5 Å². The summed E-state index contributed by atoms with van der Waals surface area (Å²) in [5, 5.41) is 6.79. The van der Waals surface area contributed by atoms with Crippen LogP contribution in [0.15, 0.2) is 78.9 Å². The lowest BCUT2D eigenvalue weighted by molar-refractivity contribution is 0.0379. The van der Waals surface area contributed by atoms with E-state index in [0.717, 1.165) is 21.5 Å². The maximum atomic E-state index is 12.9. The lowest BCUT2D eigenvalue weighted by Gasteiger charge is -2.14. The lowest BCUT2D eigenvalue weighted by Crippen LogP contribution is -2.17. The Morgan fingerprint density at radius 3 is 2.00 bits per heavy atom. The van der Waals surface area contributed by atoms with Crippen molar-refractivity contribution in [1.29, 1.82) is 0 Å². The number of amides is 1. The highest BCUT2D eigenvalue weighted by molar-refractivity contribution is 6.11. The standard InChI is InChI=1S/C25H21NO3/c1-16(2)29-25(28)22-14-19-9-5-6-10-20(19)15-23(22)26-24(27)21-12-11-17-7-3-4-8-18(17)13-21/h3-16H,1-2H3,(H,26,27). The number of hydrogen-bond donors (Lipinski definition) is 1. The summed E-state index contributed by atoms with van der Waals surface area (Å²) in [5.74, 6) is -0.732. The zero-order valence-corrected chi connectivity index (χ0v) is 16.3. The molecule has 0 bridgehead atoms. The van der Waals surface area contributed by atoms with Gasteiger partial charge in [0, 0.05) is 5.56 Å². The third kappa shape index (κ3) is 3.97. The van der Waals surface area contributed by atoms with Crippen LogP contribution in [0.1, 0.15) is 34.6 Å². The first-order chi connectivity index (χ1) is 14.0. The third-order valence-corrected chi connectivity index (χ3v) is 4.71. The van der Waals surface area contributed by atoms with E-state index >= 15 is 0 Å². The number of esters is 1. The Morgan fingerprint density at radius 1 is 0.759 bits per heavy atom. The Morgan fingerprint density at radius 2 is 1.34 bits per heavy atom. The van der Waals surface area contributed by atoms with E-state index in [-0.39, 0.29) is 12.0 Å². The summed E-state index contributed by atoms with van der Waals surface area (Å²) in [6.07, 6.45) is -0.252. The first kappa shape index (κ1) is 18.7. The minimum Gasteiger partial charge on any atom is -0.459 e. The van der Waals surface area contributed by atoms with Gasteiger partial charge in [-0.25, -0.2) is 4.79 Å². The second kappa shape index (κ2) is 7.76. The van der Waals surface area contributed by atoms with E-state index in [1.54, 1.807) is 26.0 Å². The van der Waals surface area contributed by atoms with Crippen LogP contribution < -0.4 is 5.32 Å². The fraction of sp³-hybridized carbons (Fsp3) is 0.120. The van der Waals surface area contributed by atoms with Gasteiger partial charge >= 0.3 is 5.97 Å². The monoisotopic (exact) mass is 383 g/mol. The summed E-state index contributed by atoms with van der Waals surface area (Å²) in [7, 11) is 0. The van der Waals surface area contributed by atoms with Crippen molar-refractivity contribution in [2.75, 3.05) is 5.32 Å². The van der Waals surface area contributed by atoms with Gasteiger partial charge in [-0.05, 0) is 59.7 Å². The van der Waals surface area contributed by atoms with Crippen molar-refractivity contribution >= 4 is 39.1 Å². The molecule has 0 radical (unpaired) electrons. The van der Waals surface area contributed by atoms with Crippen molar-refractivity contribution in [1.82, 2.24) is 0 Å². The summed E-state index contributed by atoms with van der Waals surface area (Å²) >= 11 is 0. The highest BCUT2D eigenvalue weighted by Crippen LogP contribution is 2.26. The molecule has 0 saturated heterocycles. The minimum atomic E-state index is -0.459. The summed E-state index contributed by atoms with van der Waals surface area (Å²) in [6.45, 7) is 3.60. The van der Waals surface area contributed by atoms with E-state index in [2.05, 4.69) is 5.32 Å². The van der Waals surface area contributed by atoms with Gasteiger partial charge in [-0.2, -0.15) is 0 Å². The average molecular weight is 383 g/mol. The molecule has 1 amide bonds. The Kier molecular flexibility index (Phi) is 5.00. The molecule has 4 nitrogen and oxygen atoms in total. The van der Waals surface area contributed by atoms with Crippen LogP contribution in [-0.4, -0.2) is 18.0 Å². The SMILES string of the molecule is CC(C)OC(=O)c1cc2ccccc2cc1NC(=O)c1ccc2ccccc2c1. The summed E-state index contributed by atoms with van der Waals surface area (Å²) in [4.78, 5) is 25.6. The van der Waals surface area contributed by atoms with Crippen LogP contribution in [0.3, 0.4) is 0 Å². The van der Waals surface area contributed by atoms with Crippen LogP contribution in [0.4, 0.5) is 5.69 Å². The minimum absolute atomic E-state index is 0.252. The molecule has 0 atom stereocenters. The van der Waals surface area contributed by atoms with Crippen LogP contribution in [0, 0.1) is 0 Å². The molecule has 0 spiro atoms. The maximum Gasteiger partial charge on any atom is 0.340 e. The van der Waals surface area contributed by atoms with Crippen molar-refractivity contribution in [3.05, 3.63) is 90.0 Å². The van der Waals surface area contributed by atoms with Gasteiger partial charge in [-0.1, -0.05) is 54.6 Å². The highest BCUT2D eigenvalue weighted by Gasteiger charge is 2.18. The van der Waals surface area contributed by atoms with Gasteiger partial charge in [0.15, 0.2) is 0 Å². The smallest absolute Gasteiger partial charge is 0.340 e. The molecule has 29 heavy (non-hydrogen) atoms. The van der Waals surface area contributed by atoms with E-state index in [1.807, 2.05) is 66.7 Å². The number of carbonyl (C=O) groups is 2. The van der Waals surface area contributed by atoms with Gasteiger partial charge in [-0.15, -0.1) is 0 Å². The molecule has 0 unspecified atom stereocenters. The quantitative estimate of drug-likeness (QED) is 0.452. The van der Waals surface area contributed by atoms with Crippen molar-refractivity contribution in [2.45, 2.75) is 20.0 Å². The number of hydrogen-bond acceptors (Lipinski definition) is 3. The van der Waals surface area contributed by atoms with E-state index in [9.17, 15) is 9.59 Å². The van der Waals surface area contributed by atoms with Gasteiger partial charge < -0.3 is 10.1 Å². The molecular formula is C25H21NO3. The van der Waals surface area contributed by atoms with Gasteiger partial charge in [0.1, 0.15) is 0 Å². The van der Waals surface area contributed by atoms with E-state index in [4.69, 9.17) is 4.74 Å². The zero-order valence-electron chi connectivity index (χ0n) is 16.3. The molecule has 0 aromatic heterocycles. The summed E-state index contributed by atoms with van der Waals surface area (Å²) < 4.78 is 5.38. The maximum absolute atomic E-state index is 12.9. The molecule has 1 N–H and O–H groups in total. The third-order valence-electron chi connectivity index (χ3n) is 4.71. The van der Waals surface area contributed by atoms with Crippen molar-refractivity contribution in [3.8, 4) is 0 Å². The fourth-order valence-corrected chi connectivity index (χ4v) is 3.32. The number of benzene rings is 4. The number of anilines is 1. The van der Waals surface area contributed by atoms with Crippen LogP contribution in [-0.2, 0) is 4.74 Å². The van der Waals surface area contributed by atoms with Gasteiger partial charge in [0.25, 0.3) is 5.91 Å². The van der Waals surface area contributed by atoms with E-state index in [1.165, 1.54) is 0 Å². The number of carbonyl (C=O) groups excluding carboxylic acids is 2. The Labute approximate surface area is 169 Å². The second-order valence-corrected chi connectivity index (χ2v) is 7.22. The molecular weight excluding hydrogens is 362 g/mol. The predicted molar refractivity (Wildman–Crippen MR) is 116 cm³/mol. The summed E-state index contributed by atoms with van der Waals surface area (Å²) in [5.41, 5.74) is 1.30. The van der Waals surface area contributed by atoms with Gasteiger partial charge in [-0.3, -0.25) is 4.79 Å². The molecule has 0 aliphatic heterocycles. The number of ether oxygens (including phenoxy) is 1. The largest absolute Gasteiger partial charge is 0.459 e. The van der Waals surface area contributed by atoms with Crippen molar-refractivity contribution < 1.29 is 14.3 Å². The molecule has 0 fully saturated rings. The molecule has 4 aromatic carbocycles. The lowest BCUT2D eigenvalue weighted by atomic mass is 10.0. The highest BCUT2D eigenvalue weighted by atomic mass is 16.5. The number of nitrogens with one attached hydrogen (secondary N) is 1. The summed E-state index contributed by atoms with van der Waals surface area (Å²) in [6, 6.07) is 24.7. The van der Waals surface area contributed by atoms with Crippen molar-refractivity contribution in [3.63, 3.8) is 0 Å². The Bertz CT molecular complexity index is 1230. The topological polar surface area (TPSA) is 55.4 Å². The Hall–Kier alpha value is -3.66. The van der Waals surface area contributed by atoms with Crippen molar-refractivity contribution in [2.24, 2.45) is 0 Å². The molecule has 0 aliphatic carbocycles. The molecule has 0 heterocycles. The molecule has 4 rings (SSSR count). The first-order valence-corrected chi connectivity index (χ1v) is 9.55. The zero-order chi connectivity index (χ0) is 20.4. The molecule has 4 aromatic rings. The molecule has 0 saturated carbocycles. The van der Waals surface area contributed by atoms with Crippen LogP contribution in [0.5, 0.6) is 0 Å². The van der Waals surface area contributed by atoms with E-state index in [0.29, 0.717) is 16.8 Å². The van der Waals surface area contributed by atoms with Crippen LogP contribution in [0.2, 0.25) is 0 Å². The second-order valence-electron chi connectivity index (χ2n) is 7.22. The number of rotatable bonds is 4. The number of fused-ring (bicyclic) bond motifs is 2.